The normalized spacial score (nSPS) is 19.2. The summed E-state index contributed by atoms with van der Waals surface area (Å²) >= 11 is 0. The highest BCUT2D eigenvalue weighted by molar-refractivity contribution is 6.11. The summed E-state index contributed by atoms with van der Waals surface area (Å²) in [4.78, 5) is 23.7. The minimum absolute atomic E-state index is 0.0231. The molecule has 1 rings (SSSR count). The highest BCUT2D eigenvalue weighted by Crippen LogP contribution is 2.22. The van der Waals surface area contributed by atoms with Gasteiger partial charge in [0.25, 0.3) is 0 Å². The van der Waals surface area contributed by atoms with Gasteiger partial charge in [0.05, 0.1) is 5.92 Å². The van der Waals surface area contributed by atoms with Crippen molar-refractivity contribution in [1.82, 2.24) is 0 Å². The van der Waals surface area contributed by atoms with Crippen molar-refractivity contribution in [2.45, 2.75) is 26.7 Å². The second-order valence-corrected chi connectivity index (χ2v) is 3.87. The van der Waals surface area contributed by atoms with Crippen molar-refractivity contribution in [1.29, 1.82) is 0 Å². The molecule has 0 radical (unpaired) electrons. The molecule has 17 heavy (non-hydrogen) atoms. The van der Waals surface area contributed by atoms with Crippen LogP contribution in [-0.2, 0) is 9.59 Å². The van der Waals surface area contributed by atoms with Crippen molar-refractivity contribution in [2.75, 3.05) is 0 Å². The first-order valence-electron chi connectivity index (χ1n) is 6.00. The molecular formula is C15H18O2. The van der Waals surface area contributed by atoms with Crippen LogP contribution in [0.2, 0.25) is 0 Å². The van der Waals surface area contributed by atoms with E-state index in [9.17, 15) is 9.59 Å². The van der Waals surface area contributed by atoms with E-state index in [1.807, 2.05) is 26.0 Å². The molecule has 2 nitrogen and oxygen atoms in total. The lowest BCUT2D eigenvalue weighted by Crippen LogP contribution is -2.15. The van der Waals surface area contributed by atoms with Crippen LogP contribution in [0.4, 0.5) is 0 Å². The number of hydrogen-bond acceptors (Lipinski definition) is 2. The maximum atomic E-state index is 11.8. The van der Waals surface area contributed by atoms with Gasteiger partial charge in [0, 0.05) is 5.57 Å². The van der Waals surface area contributed by atoms with Crippen LogP contribution in [0.15, 0.2) is 48.1 Å². The first-order valence-corrected chi connectivity index (χ1v) is 6.00. The molecule has 0 heterocycles. The lowest BCUT2D eigenvalue weighted by atomic mass is 9.94. The van der Waals surface area contributed by atoms with Crippen molar-refractivity contribution in [3.05, 3.63) is 48.1 Å². The second-order valence-electron chi connectivity index (χ2n) is 3.87. The molecule has 0 aliphatic heterocycles. The Morgan fingerprint density at radius 3 is 2.47 bits per heavy atom. The Hall–Kier alpha value is -1.70. The maximum Gasteiger partial charge on any atom is 0.182 e. The van der Waals surface area contributed by atoms with Gasteiger partial charge in [-0.25, -0.2) is 0 Å². The molecule has 0 saturated heterocycles. The average Bonchev–Trinajstić information content (AvgIpc) is 2.82. The summed E-state index contributed by atoms with van der Waals surface area (Å²) < 4.78 is 0. The van der Waals surface area contributed by atoms with Crippen LogP contribution in [0.3, 0.4) is 0 Å². The molecule has 0 N–H and O–H groups in total. The third kappa shape index (κ3) is 3.66. The van der Waals surface area contributed by atoms with E-state index in [1.165, 1.54) is 0 Å². The predicted octanol–water partition coefficient (Wildman–Crippen LogP) is 3.17. The minimum atomic E-state index is -0.396. The standard InChI is InChI=1S/C15H18O2/c1-3-5-10-14(16)12-8-7-9-13(12)15(17)11-6-4-2/h5-12H,3-4H2,1-2H3. The van der Waals surface area contributed by atoms with Gasteiger partial charge < -0.3 is 0 Å². The van der Waals surface area contributed by atoms with Gasteiger partial charge in [-0.3, -0.25) is 9.59 Å². The summed E-state index contributed by atoms with van der Waals surface area (Å²) in [6.07, 6.45) is 13.7. The van der Waals surface area contributed by atoms with E-state index < -0.39 is 5.92 Å². The van der Waals surface area contributed by atoms with Gasteiger partial charge in [0.2, 0.25) is 0 Å². The first kappa shape index (κ1) is 13.4. The van der Waals surface area contributed by atoms with Gasteiger partial charge in [-0.05, 0) is 25.0 Å². The highest BCUT2D eigenvalue weighted by Gasteiger charge is 2.24. The van der Waals surface area contributed by atoms with Crippen LogP contribution >= 0.6 is 0 Å². The molecular weight excluding hydrogens is 212 g/mol. The number of allylic oxidation sites excluding steroid dienone is 8. The molecule has 0 aromatic carbocycles. The smallest absolute Gasteiger partial charge is 0.182 e. The van der Waals surface area contributed by atoms with E-state index in [0.717, 1.165) is 12.8 Å². The van der Waals surface area contributed by atoms with Crippen LogP contribution in [0.1, 0.15) is 26.7 Å². The molecule has 1 aliphatic carbocycles. The summed E-state index contributed by atoms with van der Waals surface area (Å²) in [6.45, 7) is 3.94. The van der Waals surface area contributed by atoms with Gasteiger partial charge in [0.15, 0.2) is 11.6 Å². The number of rotatable bonds is 6. The minimum Gasteiger partial charge on any atom is -0.294 e. The zero-order valence-electron chi connectivity index (χ0n) is 10.3. The van der Waals surface area contributed by atoms with Crippen molar-refractivity contribution in [2.24, 2.45) is 5.92 Å². The fourth-order valence-corrected chi connectivity index (χ4v) is 1.62. The third-order valence-electron chi connectivity index (χ3n) is 2.53. The molecule has 0 amide bonds. The molecule has 1 unspecified atom stereocenters. The molecule has 0 saturated carbocycles. The van der Waals surface area contributed by atoms with E-state index >= 15 is 0 Å². The number of carbonyl (C=O) groups is 2. The molecule has 1 aliphatic rings. The SMILES string of the molecule is CCC=CC(=O)C1=CC=CC1C(=O)C=CCC. The fraction of sp³-hybridized carbons (Fsp3) is 0.333. The van der Waals surface area contributed by atoms with Crippen molar-refractivity contribution in [3.63, 3.8) is 0 Å². The lowest BCUT2D eigenvalue weighted by Gasteiger charge is -2.07. The Balaban J connectivity index is 2.75. The Bertz CT molecular complexity index is 409. The third-order valence-corrected chi connectivity index (χ3v) is 2.53. The quantitative estimate of drug-likeness (QED) is 0.657. The van der Waals surface area contributed by atoms with Gasteiger partial charge in [-0.15, -0.1) is 0 Å². The van der Waals surface area contributed by atoms with E-state index in [1.54, 1.807) is 30.4 Å². The van der Waals surface area contributed by atoms with Gasteiger partial charge in [-0.1, -0.05) is 44.2 Å². The fourth-order valence-electron chi connectivity index (χ4n) is 1.62. The number of hydrogen-bond donors (Lipinski definition) is 0. The van der Waals surface area contributed by atoms with Crippen molar-refractivity contribution < 1.29 is 9.59 Å². The Kier molecular flexibility index (Phi) is 5.34. The molecule has 0 fully saturated rings. The molecule has 90 valence electrons. The first-order chi connectivity index (χ1) is 8.20. The van der Waals surface area contributed by atoms with E-state index in [2.05, 4.69) is 0 Å². The number of ketones is 2. The summed E-state index contributed by atoms with van der Waals surface area (Å²) in [7, 11) is 0. The van der Waals surface area contributed by atoms with Crippen molar-refractivity contribution >= 4 is 11.6 Å². The number of carbonyl (C=O) groups excluding carboxylic acids is 2. The van der Waals surface area contributed by atoms with Crippen LogP contribution in [0.25, 0.3) is 0 Å². The van der Waals surface area contributed by atoms with E-state index in [-0.39, 0.29) is 11.6 Å². The van der Waals surface area contributed by atoms with Crippen LogP contribution < -0.4 is 0 Å². The van der Waals surface area contributed by atoms with Gasteiger partial charge >= 0.3 is 0 Å². The topological polar surface area (TPSA) is 34.1 Å². The summed E-state index contributed by atoms with van der Waals surface area (Å²) in [5, 5.41) is 0. The zero-order chi connectivity index (χ0) is 12.7. The van der Waals surface area contributed by atoms with Crippen LogP contribution in [0, 0.1) is 5.92 Å². The van der Waals surface area contributed by atoms with E-state index in [4.69, 9.17) is 0 Å². The Labute approximate surface area is 102 Å². The summed E-state index contributed by atoms with van der Waals surface area (Å²) in [5.74, 6) is -0.489. The summed E-state index contributed by atoms with van der Waals surface area (Å²) in [5.41, 5.74) is 0.570. The van der Waals surface area contributed by atoms with Crippen LogP contribution in [-0.4, -0.2) is 11.6 Å². The Morgan fingerprint density at radius 1 is 1.18 bits per heavy atom. The Morgan fingerprint density at radius 2 is 1.82 bits per heavy atom. The molecule has 0 aromatic heterocycles. The molecule has 0 bridgehead atoms. The molecule has 0 aromatic rings. The van der Waals surface area contributed by atoms with Gasteiger partial charge in [-0.2, -0.15) is 0 Å². The maximum absolute atomic E-state index is 11.8. The second kappa shape index (κ2) is 6.79. The highest BCUT2D eigenvalue weighted by atomic mass is 16.1. The largest absolute Gasteiger partial charge is 0.294 e. The van der Waals surface area contributed by atoms with Crippen LogP contribution in [0.5, 0.6) is 0 Å². The van der Waals surface area contributed by atoms with Crippen molar-refractivity contribution in [3.8, 4) is 0 Å². The molecule has 2 heteroatoms. The predicted molar refractivity (Wildman–Crippen MR) is 69.6 cm³/mol. The monoisotopic (exact) mass is 230 g/mol. The zero-order valence-corrected chi connectivity index (χ0v) is 10.3. The molecule has 1 atom stereocenters. The average molecular weight is 230 g/mol. The van der Waals surface area contributed by atoms with E-state index in [0.29, 0.717) is 5.57 Å². The lowest BCUT2D eigenvalue weighted by molar-refractivity contribution is -0.118. The summed E-state index contributed by atoms with van der Waals surface area (Å²) in [6, 6.07) is 0. The van der Waals surface area contributed by atoms with Gasteiger partial charge in [0.1, 0.15) is 0 Å². The molecule has 0 spiro atoms.